The van der Waals surface area contributed by atoms with Crippen molar-refractivity contribution in [1.82, 2.24) is 5.32 Å². The normalized spacial score (nSPS) is 9.40. The van der Waals surface area contributed by atoms with Crippen molar-refractivity contribution in [3.05, 3.63) is 0 Å². The van der Waals surface area contributed by atoms with Crippen LogP contribution in [0.15, 0.2) is 0 Å². The monoisotopic (exact) mass is 145 g/mol. The van der Waals surface area contributed by atoms with E-state index in [0.29, 0.717) is 6.42 Å². The molecule has 0 aliphatic rings. The molecule has 2 heteroatoms. The van der Waals surface area contributed by atoms with Crippen LogP contribution in [-0.4, -0.2) is 13.0 Å². The molecule has 2 nitrogen and oxygen atoms in total. The van der Waals surface area contributed by atoms with Crippen LogP contribution < -0.4 is 5.32 Å². The van der Waals surface area contributed by atoms with Gasteiger partial charge in [-0.2, -0.15) is 0 Å². The molecule has 0 unspecified atom stereocenters. The van der Waals surface area contributed by atoms with E-state index in [-0.39, 0.29) is 7.33 Å². The lowest BCUT2D eigenvalue weighted by molar-refractivity contribution is -0.120. The molecule has 0 heterocycles. The van der Waals surface area contributed by atoms with Gasteiger partial charge in [0.05, 0.1) is 0 Å². The summed E-state index contributed by atoms with van der Waals surface area (Å²) in [5.74, 6) is 0.163. The van der Waals surface area contributed by atoms with Gasteiger partial charge in [-0.15, -0.1) is 0 Å². The van der Waals surface area contributed by atoms with Crippen molar-refractivity contribution in [2.45, 2.75) is 39.0 Å². The topological polar surface area (TPSA) is 29.1 Å². The number of carbonyl (C=O) groups excluding carboxylic acids is 1. The van der Waals surface area contributed by atoms with Gasteiger partial charge in [-0.3, -0.25) is 4.79 Å². The summed E-state index contributed by atoms with van der Waals surface area (Å²) >= 11 is 0. The minimum absolute atomic E-state index is 0. The molecular formula is C8H19NO. The van der Waals surface area contributed by atoms with E-state index in [4.69, 9.17) is 0 Å². The Balaban J connectivity index is 0. The van der Waals surface area contributed by atoms with Crippen LogP contribution in [0.2, 0.25) is 0 Å². The Bertz CT molecular complexity index is 96.1. The summed E-state index contributed by atoms with van der Waals surface area (Å²) in [6.45, 7) is 2.17. The van der Waals surface area contributed by atoms with Gasteiger partial charge in [0.2, 0.25) is 5.91 Å². The Morgan fingerprint density at radius 1 is 1.40 bits per heavy atom. The lowest BCUT2D eigenvalue weighted by Gasteiger charge is -1.97. The van der Waals surface area contributed by atoms with Crippen LogP contribution in [0.3, 0.4) is 0 Å². The molecule has 0 bridgehead atoms. The second-order valence-corrected chi connectivity index (χ2v) is 2.48. The third kappa shape index (κ3) is 5.60. The second-order valence-electron chi connectivity index (χ2n) is 2.48. The molecule has 0 atom stereocenters. The maximum absolute atomic E-state index is 10.7. The van der Waals surface area contributed by atoms with E-state index in [0.717, 1.165) is 6.42 Å². The summed E-state index contributed by atoms with van der Waals surface area (Å²) in [7, 11) is 1.68. The van der Waals surface area contributed by atoms with Crippen molar-refractivity contribution < 1.29 is 6.22 Å². The smallest absolute Gasteiger partial charge is 0.219 e. The Morgan fingerprint density at radius 3 is 2.60 bits per heavy atom. The zero-order valence-corrected chi connectivity index (χ0v) is 6.94. The van der Waals surface area contributed by atoms with Crippen LogP contribution in [0, 0.1) is 0 Å². The lowest BCUT2D eigenvalue weighted by atomic mass is 10.1. The van der Waals surface area contributed by atoms with Gasteiger partial charge in [0.15, 0.2) is 0 Å². The van der Waals surface area contributed by atoms with Gasteiger partial charge in [0.25, 0.3) is 0 Å². The van der Waals surface area contributed by atoms with Crippen molar-refractivity contribution in [2.75, 3.05) is 7.05 Å². The first-order valence-electron chi connectivity index (χ1n) is 4.01. The molecule has 0 radical (unpaired) electrons. The first kappa shape index (κ1) is 9.47. The van der Waals surface area contributed by atoms with Gasteiger partial charge in [0.1, 0.15) is 0 Å². The SMILES string of the molecule is CCCCCCC(=O)NC.[HH]. The molecular weight excluding hydrogens is 126 g/mol. The van der Waals surface area contributed by atoms with Gasteiger partial charge in [0, 0.05) is 14.9 Å². The molecule has 0 aromatic heterocycles. The molecule has 0 fully saturated rings. The highest BCUT2D eigenvalue weighted by atomic mass is 16.1. The molecule has 0 saturated heterocycles. The highest BCUT2D eigenvalue weighted by Crippen LogP contribution is 2.01. The van der Waals surface area contributed by atoms with E-state index >= 15 is 0 Å². The predicted molar refractivity (Wildman–Crippen MR) is 44.9 cm³/mol. The summed E-state index contributed by atoms with van der Waals surface area (Å²) in [5, 5.41) is 2.60. The second kappa shape index (κ2) is 6.59. The molecule has 10 heavy (non-hydrogen) atoms. The van der Waals surface area contributed by atoms with Crippen LogP contribution in [0.1, 0.15) is 40.5 Å². The average Bonchev–Trinajstić information content (AvgIpc) is 1.98. The van der Waals surface area contributed by atoms with E-state index in [1.807, 2.05) is 0 Å². The molecule has 0 aromatic carbocycles. The Labute approximate surface area is 64.5 Å². The van der Waals surface area contributed by atoms with Gasteiger partial charge >= 0.3 is 0 Å². The predicted octanol–water partition coefficient (Wildman–Crippen LogP) is 1.95. The van der Waals surface area contributed by atoms with Crippen LogP contribution in [0.4, 0.5) is 0 Å². The fourth-order valence-electron chi connectivity index (χ4n) is 0.837. The zero-order valence-electron chi connectivity index (χ0n) is 6.94. The lowest BCUT2D eigenvalue weighted by Crippen LogP contribution is -2.16. The van der Waals surface area contributed by atoms with Crippen molar-refractivity contribution in [3.8, 4) is 0 Å². The molecule has 0 aliphatic carbocycles. The number of rotatable bonds is 5. The summed E-state index contributed by atoms with van der Waals surface area (Å²) in [5.41, 5.74) is 0. The first-order chi connectivity index (χ1) is 4.81. The summed E-state index contributed by atoms with van der Waals surface area (Å²) in [6, 6.07) is 0. The first-order valence-corrected chi connectivity index (χ1v) is 4.01. The third-order valence-electron chi connectivity index (χ3n) is 1.54. The van der Waals surface area contributed by atoms with Crippen molar-refractivity contribution in [2.24, 2.45) is 0 Å². The summed E-state index contributed by atoms with van der Waals surface area (Å²) in [6.07, 6.45) is 5.39. The maximum atomic E-state index is 10.7. The van der Waals surface area contributed by atoms with Gasteiger partial charge in [-0.1, -0.05) is 26.2 Å². The van der Waals surface area contributed by atoms with Gasteiger partial charge in [-0.05, 0) is 6.42 Å². The van der Waals surface area contributed by atoms with E-state index < -0.39 is 0 Å². The number of amides is 1. The molecule has 0 spiro atoms. The number of hydrogen-bond donors (Lipinski definition) is 1. The molecule has 0 aromatic rings. The molecule has 0 rings (SSSR count). The van der Waals surface area contributed by atoms with Crippen LogP contribution in [0.25, 0.3) is 0 Å². The fourth-order valence-corrected chi connectivity index (χ4v) is 0.837. The highest BCUT2D eigenvalue weighted by molar-refractivity contribution is 5.75. The van der Waals surface area contributed by atoms with E-state index in [2.05, 4.69) is 12.2 Å². The number of unbranched alkanes of at least 4 members (excludes halogenated alkanes) is 3. The largest absolute Gasteiger partial charge is 0.359 e. The van der Waals surface area contributed by atoms with Crippen LogP contribution in [0.5, 0.6) is 0 Å². The Kier molecular flexibility index (Phi) is 6.24. The fraction of sp³-hybridized carbons (Fsp3) is 0.875. The van der Waals surface area contributed by atoms with Crippen molar-refractivity contribution in [3.63, 3.8) is 0 Å². The Morgan fingerprint density at radius 2 is 2.10 bits per heavy atom. The molecule has 1 amide bonds. The minimum Gasteiger partial charge on any atom is -0.359 e. The van der Waals surface area contributed by atoms with Gasteiger partial charge in [-0.25, -0.2) is 0 Å². The van der Waals surface area contributed by atoms with Crippen LogP contribution >= 0.6 is 0 Å². The van der Waals surface area contributed by atoms with Crippen molar-refractivity contribution in [1.29, 1.82) is 0 Å². The number of hydrogen-bond acceptors (Lipinski definition) is 1. The number of carbonyl (C=O) groups is 1. The maximum Gasteiger partial charge on any atom is 0.219 e. The Hall–Kier alpha value is -0.530. The average molecular weight is 145 g/mol. The highest BCUT2D eigenvalue weighted by Gasteiger charge is 1.95. The molecule has 0 aliphatic heterocycles. The zero-order chi connectivity index (χ0) is 7.82. The number of nitrogens with one attached hydrogen (secondary N) is 1. The van der Waals surface area contributed by atoms with Crippen LogP contribution in [-0.2, 0) is 4.79 Å². The van der Waals surface area contributed by atoms with E-state index in [9.17, 15) is 4.79 Å². The quantitative estimate of drug-likeness (QED) is 0.589. The standard InChI is InChI=1S/C8H17NO.H2/c1-3-4-5-6-7-8(10)9-2;/h3-7H2,1-2H3,(H,9,10);1H. The minimum atomic E-state index is 0. The van der Waals surface area contributed by atoms with E-state index in [1.165, 1.54) is 19.3 Å². The molecule has 1 N–H and O–H groups in total. The molecule has 0 saturated carbocycles. The summed E-state index contributed by atoms with van der Waals surface area (Å²) in [4.78, 5) is 10.7. The third-order valence-corrected chi connectivity index (χ3v) is 1.54. The van der Waals surface area contributed by atoms with E-state index in [1.54, 1.807) is 7.05 Å². The van der Waals surface area contributed by atoms with Crippen molar-refractivity contribution >= 4 is 5.91 Å². The molecule has 62 valence electrons. The van der Waals surface area contributed by atoms with Gasteiger partial charge < -0.3 is 5.32 Å². The summed E-state index contributed by atoms with van der Waals surface area (Å²) < 4.78 is 0.